The molecule has 7 heteroatoms. The molecule has 1 aromatic carbocycles. The molecule has 0 aliphatic carbocycles. The number of furan rings is 1. The molecule has 1 unspecified atom stereocenters. The number of alkyl halides is 1. The summed E-state index contributed by atoms with van der Waals surface area (Å²) < 4.78 is 4.83. The maximum atomic E-state index is 11.9. The zero-order chi connectivity index (χ0) is 14.5. The van der Waals surface area contributed by atoms with Gasteiger partial charge in [0.05, 0.1) is 12.1 Å². The molecule has 6 nitrogen and oxygen atoms in total. The summed E-state index contributed by atoms with van der Waals surface area (Å²) in [6.45, 7) is 0. The van der Waals surface area contributed by atoms with Gasteiger partial charge >= 0.3 is 5.88 Å². The molecule has 1 atom stereocenters. The van der Waals surface area contributed by atoms with Crippen LogP contribution in [0.3, 0.4) is 0 Å². The Bertz CT molecular complexity index is 612. The second-order valence-corrected chi connectivity index (χ2v) is 4.29. The minimum absolute atomic E-state index is 0.122. The van der Waals surface area contributed by atoms with Crippen LogP contribution in [0.4, 0.5) is 5.88 Å². The fourth-order valence-electron chi connectivity index (χ4n) is 1.67. The first-order valence-corrected chi connectivity index (χ1v) is 6.31. The molecular formula is C13H11ClN2O4. The van der Waals surface area contributed by atoms with E-state index in [9.17, 15) is 14.9 Å². The minimum Gasteiger partial charge on any atom is -0.395 e. The van der Waals surface area contributed by atoms with Crippen LogP contribution < -0.4 is 5.32 Å². The van der Waals surface area contributed by atoms with Gasteiger partial charge in [0, 0.05) is 5.88 Å². The van der Waals surface area contributed by atoms with Gasteiger partial charge in [-0.15, -0.1) is 11.6 Å². The molecule has 1 heterocycles. The third-order valence-electron chi connectivity index (χ3n) is 2.66. The van der Waals surface area contributed by atoms with Gasteiger partial charge in [0.15, 0.2) is 5.76 Å². The largest absolute Gasteiger partial charge is 0.433 e. The van der Waals surface area contributed by atoms with E-state index in [-0.39, 0.29) is 11.6 Å². The average molecular weight is 295 g/mol. The second-order valence-electron chi connectivity index (χ2n) is 3.99. The first kappa shape index (κ1) is 14.1. The maximum absolute atomic E-state index is 11.9. The number of hydrogen-bond acceptors (Lipinski definition) is 4. The number of nitrogens with zero attached hydrogens (tertiary/aromatic N) is 1. The van der Waals surface area contributed by atoms with E-state index in [0.717, 1.165) is 11.6 Å². The predicted molar refractivity (Wildman–Crippen MR) is 72.7 cm³/mol. The Morgan fingerprint density at radius 2 is 2.00 bits per heavy atom. The molecule has 2 aromatic rings. The van der Waals surface area contributed by atoms with E-state index in [1.165, 1.54) is 6.07 Å². The first-order valence-electron chi connectivity index (χ1n) is 5.78. The van der Waals surface area contributed by atoms with E-state index in [1.807, 2.05) is 30.3 Å². The number of rotatable bonds is 5. The van der Waals surface area contributed by atoms with Gasteiger partial charge in [-0.3, -0.25) is 14.9 Å². The third kappa shape index (κ3) is 3.16. The summed E-state index contributed by atoms with van der Waals surface area (Å²) in [6, 6.07) is 11.2. The average Bonchev–Trinajstić information content (AvgIpc) is 2.95. The Labute approximate surface area is 119 Å². The van der Waals surface area contributed by atoms with Crippen molar-refractivity contribution in [2.45, 2.75) is 6.04 Å². The van der Waals surface area contributed by atoms with Crippen LogP contribution in [0, 0.1) is 10.1 Å². The van der Waals surface area contributed by atoms with Gasteiger partial charge < -0.3 is 9.73 Å². The summed E-state index contributed by atoms with van der Waals surface area (Å²) in [5.74, 6) is -0.967. The highest BCUT2D eigenvalue weighted by molar-refractivity contribution is 6.18. The van der Waals surface area contributed by atoms with E-state index >= 15 is 0 Å². The second kappa shape index (κ2) is 6.21. The van der Waals surface area contributed by atoms with Gasteiger partial charge in [-0.05, 0) is 11.6 Å². The van der Waals surface area contributed by atoms with Gasteiger partial charge in [0.1, 0.15) is 4.92 Å². The standard InChI is InChI=1S/C13H11ClN2O4/c14-8-10(9-4-2-1-3-5-9)15-13(17)11-6-7-12(20-11)16(18)19/h1-7,10H,8H2,(H,15,17). The van der Waals surface area contributed by atoms with Crippen molar-refractivity contribution in [1.29, 1.82) is 0 Å². The van der Waals surface area contributed by atoms with Crippen molar-refractivity contribution in [3.05, 3.63) is 63.9 Å². The zero-order valence-electron chi connectivity index (χ0n) is 10.3. The first-order chi connectivity index (χ1) is 9.61. The number of amides is 1. The monoisotopic (exact) mass is 294 g/mol. The van der Waals surface area contributed by atoms with Crippen LogP contribution in [-0.4, -0.2) is 16.7 Å². The number of hydrogen-bond donors (Lipinski definition) is 1. The minimum atomic E-state index is -0.701. The summed E-state index contributed by atoms with van der Waals surface area (Å²) in [5, 5.41) is 13.2. The van der Waals surface area contributed by atoms with Crippen LogP contribution in [-0.2, 0) is 0 Å². The number of nitro groups is 1. The Morgan fingerprint density at radius 1 is 1.30 bits per heavy atom. The van der Waals surface area contributed by atoms with Gasteiger partial charge in [-0.25, -0.2) is 0 Å². The molecule has 0 aliphatic heterocycles. The predicted octanol–water partition coefficient (Wildman–Crippen LogP) is 2.90. The molecule has 20 heavy (non-hydrogen) atoms. The van der Waals surface area contributed by atoms with Crippen molar-refractivity contribution < 1.29 is 14.1 Å². The molecule has 1 amide bonds. The molecular weight excluding hydrogens is 284 g/mol. The van der Waals surface area contributed by atoms with Crippen molar-refractivity contribution in [2.24, 2.45) is 0 Å². The molecule has 0 saturated carbocycles. The van der Waals surface area contributed by atoms with Crippen LogP contribution >= 0.6 is 11.6 Å². The van der Waals surface area contributed by atoms with Crippen LogP contribution in [0.25, 0.3) is 0 Å². The summed E-state index contributed by atoms with van der Waals surface area (Å²) in [4.78, 5) is 21.7. The number of carbonyl (C=O) groups is 1. The van der Waals surface area contributed by atoms with Crippen molar-refractivity contribution in [3.63, 3.8) is 0 Å². The van der Waals surface area contributed by atoms with E-state index in [2.05, 4.69) is 5.32 Å². The molecule has 2 rings (SSSR count). The Hall–Kier alpha value is -2.34. The molecule has 0 saturated heterocycles. The number of nitrogens with one attached hydrogen (secondary N) is 1. The molecule has 1 N–H and O–H groups in total. The third-order valence-corrected chi connectivity index (χ3v) is 2.97. The van der Waals surface area contributed by atoms with Crippen molar-refractivity contribution in [2.75, 3.05) is 5.88 Å². The Kier molecular flexibility index (Phi) is 4.37. The fourth-order valence-corrected chi connectivity index (χ4v) is 1.93. The van der Waals surface area contributed by atoms with Gasteiger partial charge in [0.2, 0.25) is 0 Å². The molecule has 0 spiro atoms. The van der Waals surface area contributed by atoms with Gasteiger partial charge in [-0.1, -0.05) is 30.3 Å². The quantitative estimate of drug-likeness (QED) is 0.522. The number of halogens is 1. The molecule has 104 valence electrons. The highest BCUT2D eigenvalue weighted by atomic mass is 35.5. The van der Waals surface area contributed by atoms with Gasteiger partial charge in [-0.2, -0.15) is 0 Å². The maximum Gasteiger partial charge on any atom is 0.433 e. The zero-order valence-corrected chi connectivity index (χ0v) is 11.0. The fraction of sp³-hybridized carbons (Fsp3) is 0.154. The molecule has 0 radical (unpaired) electrons. The van der Waals surface area contributed by atoms with E-state index in [4.69, 9.17) is 16.0 Å². The van der Waals surface area contributed by atoms with E-state index in [0.29, 0.717) is 0 Å². The lowest BCUT2D eigenvalue weighted by molar-refractivity contribution is -0.402. The van der Waals surface area contributed by atoms with Crippen LogP contribution in [0.1, 0.15) is 22.2 Å². The number of benzene rings is 1. The molecule has 1 aromatic heterocycles. The summed E-state index contributed by atoms with van der Waals surface area (Å²) >= 11 is 5.84. The molecule has 0 fully saturated rings. The smallest absolute Gasteiger partial charge is 0.395 e. The summed E-state index contributed by atoms with van der Waals surface area (Å²) in [5.41, 5.74) is 0.844. The lowest BCUT2D eigenvalue weighted by atomic mass is 10.1. The van der Waals surface area contributed by atoms with Crippen LogP contribution in [0.15, 0.2) is 46.9 Å². The van der Waals surface area contributed by atoms with E-state index < -0.39 is 22.8 Å². The van der Waals surface area contributed by atoms with Crippen molar-refractivity contribution in [3.8, 4) is 0 Å². The number of carbonyl (C=O) groups excluding carboxylic acids is 1. The van der Waals surface area contributed by atoms with E-state index in [1.54, 1.807) is 0 Å². The topological polar surface area (TPSA) is 85.4 Å². The molecule has 0 bridgehead atoms. The Balaban J connectivity index is 2.11. The highest BCUT2D eigenvalue weighted by Crippen LogP contribution is 2.18. The summed E-state index contributed by atoms with van der Waals surface area (Å²) in [6.07, 6.45) is 0. The van der Waals surface area contributed by atoms with Crippen molar-refractivity contribution in [1.82, 2.24) is 5.32 Å². The van der Waals surface area contributed by atoms with Gasteiger partial charge in [0.25, 0.3) is 5.91 Å². The normalized spacial score (nSPS) is 11.8. The van der Waals surface area contributed by atoms with Crippen LogP contribution in [0.2, 0.25) is 0 Å². The molecule has 0 aliphatic rings. The lowest BCUT2D eigenvalue weighted by Gasteiger charge is -2.15. The summed E-state index contributed by atoms with van der Waals surface area (Å²) in [7, 11) is 0. The van der Waals surface area contributed by atoms with Crippen molar-refractivity contribution >= 4 is 23.4 Å². The SMILES string of the molecule is O=C(NC(CCl)c1ccccc1)c1ccc([N+](=O)[O-])o1. The highest BCUT2D eigenvalue weighted by Gasteiger charge is 2.20. The lowest BCUT2D eigenvalue weighted by Crippen LogP contribution is -2.29. The van der Waals surface area contributed by atoms with Crippen LogP contribution in [0.5, 0.6) is 0 Å². The Morgan fingerprint density at radius 3 is 2.55 bits per heavy atom.